The van der Waals surface area contributed by atoms with E-state index in [9.17, 15) is 4.79 Å². The Kier molecular flexibility index (Phi) is 4.50. The highest BCUT2D eigenvalue weighted by Crippen LogP contribution is 2.25. The van der Waals surface area contributed by atoms with Crippen molar-refractivity contribution in [1.29, 1.82) is 0 Å². The Hall–Kier alpha value is -1.46. The third kappa shape index (κ3) is 3.52. The van der Waals surface area contributed by atoms with Crippen molar-refractivity contribution in [2.75, 3.05) is 18.4 Å². The smallest absolute Gasteiger partial charge is 0.321 e. The number of rotatable bonds is 1. The molecule has 0 aliphatic carbocycles. The van der Waals surface area contributed by atoms with Crippen LogP contribution in [-0.2, 0) is 0 Å². The molecule has 0 saturated carbocycles. The Morgan fingerprint density at radius 2 is 2.00 bits per heavy atom. The predicted octanol–water partition coefficient (Wildman–Crippen LogP) is 3.45. The minimum absolute atomic E-state index is 0.235. The molecule has 1 aliphatic heterocycles. The Bertz CT molecular complexity index is 510. The van der Waals surface area contributed by atoms with Crippen molar-refractivity contribution >= 4 is 40.6 Å². The average molecular weight is 302 g/mol. The third-order valence-electron chi connectivity index (χ3n) is 2.94. The summed E-state index contributed by atoms with van der Waals surface area (Å²) in [4.78, 5) is 13.7. The van der Waals surface area contributed by atoms with Crippen molar-refractivity contribution in [3.63, 3.8) is 0 Å². The molecular formula is C12H13Cl2N3O2. The molecule has 1 fully saturated rings. The fraction of sp³-hybridized carbons (Fsp3) is 0.333. The van der Waals surface area contributed by atoms with Crippen molar-refractivity contribution in [3.8, 4) is 0 Å². The van der Waals surface area contributed by atoms with E-state index in [-0.39, 0.29) is 6.03 Å². The van der Waals surface area contributed by atoms with Gasteiger partial charge >= 0.3 is 6.03 Å². The molecular weight excluding hydrogens is 289 g/mol. The summed E-state index contributed by atoms with van der Waals surface area (Å²) in [6, 6.07) is 4.66. The summed E-state index contributed by atoms with van der Waals surface area (Å²) in [5.41, 5.74) is 1.20. The minimum atomic E-state index is -0.235. The summed E-state index contributed by atoms with van der Waals surface area (Å²) in [6.07, 6.45) is 1.15. The Morgan fingerprint density at radius 1 is 1.32 bits per heavy atom. The van der Waals surface area contributed by atoms with Gasteiger partial charge in [0.25, 0.3) is 0 Å². The summed E-state index contributed by atoms with van der Waals surface area (Å²) in [5, 5.41) is 15.5. The van der Waals surface area contributed by atoms with Crippen molar-refractivity contribution < 1.29 is 10.0 Å². The molecule has 5 nitrogen and oxygen atoms in total. The molecule has 1 aromatic rings. The summed E-state index contributed by atoms with van der Waals surface area (Å²) in [5.74, 6) is 0. The first-order valence-electron chi connectivity index (χ1n) is 5.81. The van der Waals surface area contributed by atoms with Crippen LogP contribution in [0.2, 0.25) is 10.0 Å². The van der Waals surface area contributed by atoms with Gasteiger partial charge in [0.05, 0.1) is 16.4 Å². The lowest BCUT2D eigenvalue weighted by molar-refractivity contribution is 0.210. The first kappa shape index (κ1) is 14.0. The number of nitrogens with zero attached hydrogens (tertiary/aromatic N) is 2. The van der Waals surface area contributed by atoms with Crippen LogP contribution in [0.4, 0.5) is 10.5 Å². The first-order chi connectivity index (χ1) is 9.10. The average Bonchev–Trinajstić information content (AvgIpc) is 2.43. The van der Waals surface area contributed by atoms with Gasteiger partial charge in [0, 0.05) is 31.0 Å². The van der Waals surface area contributed by atoms with E-state index in [2.05, 4.69) is 10.5 Å². The number of amides is 2. The van der Waals surface area contributed by atoms with E-state index in [1.165, 1.54) is 0 Å². The lowest BCUT2D eigenvalue weighted by Gasteiger charge is -2.27. The van der Waals surface area contributed by atoms with Crippen molar-refractivity contribution in [3.05, 3.63) is 28.2 Å². The van der Waals surface area contributed by atoms with Gasteiger partial charge in [-0.3, -0.25) is 0 Å². The van der Waals surface area contributed by atoms with Crippen LogP contribution in [0.25, 0.3) is 0 Å². The van der Waals surface area contributed by atoms with Crippen LogP contribution in [-0.4, -0.2) is 34.9 Å². The fourth-order valence-electron chi connectivity index (χ4n) is 1.86. The number of carbonyl (C=O) groups excluding carboxylic acids is 1. The maximum Gasteiger partial charge on any atom is 0.321 e. The maximum absolute atomic E-state index is 12.0. The molecule has 1 saturated heterocycles. The zero-order valence-corrected chi connectivity index (χ0v) is 11.6. The van der Waals surface area contributed by atoms with Gasteiger partial charge in [0.1, 0.15) is 0 Å². The highest BCUT2D eigenvalue weighted by atomic mass is 35.5. The highest BCUT2D eigenvalue weighted by Gasteiger charge is 2.20. The molecule has 0 radical (unpaired) electrons. The quantitative estimate of drug-likeness (QED) is 0.616. The number of piperidine rings is 1. The molecule has 1 aliphatic rings. The van der Waals surface area contributed by atoms with Gasteiger partial charge in [0.15, 0.2) is 0 Å². The number of hydrogen-bond acceptors (Lipinski definition) is 3. The van der Waals surface area contributed by atoms with Crippen molar-refractivity contribution in [1.82, 2.24) is 4.90 Å². The number of oxime groups is 1. The standard InChI is InChI=1S/C12H13Cl2N3O2/c13-8-1-2-10(14)11(7-8)15-12(18)17-5-3-9(16-19)4-6-17/h1-2,7,19H,3-6H2,(H,15,18). The zero-order chi connectivity index (χ0) is 13.8. The largest absolute Gasteiger partial charge is 0.411 e. The van der Waals surface area contributed by atoms with E-state index in [4.69, 9.17) is 28.4 Å². The maximum atomic E-state index is 12.0. The Balaban J connectivity index is 2.00. The van der Waals surface area contributed by atoms with Gasteiger partial charge in [0.2, 0.25) is 0 Å². The second-order valence-electron chi connectivity index (χ2n) is 4.21. The number of carbonyl (C=O) groups is 1. The Morgan fingerprint density at radius 3 is 2.63 bits per heavy atom. The van der Waals surface area contributed by atoms with E-state index in [1.807, 2.05) is 0 Å². The van der Waals surface area contributed by atoms with Gasteiger partial charge in [-0.05, 0) is 18.2 Å². The highest BCUT2D eigenvalue weighted by molar-refractivity contribution is 6.35. The van der Waals surface area contributed by atoms with Gasteiger partial charge in [-0.2, -0.15) is 0 Å². The Labute approximate surface area is 120 Å². The number of halogens is 2. The van der Waals surface area contributed by atoms with E-state index in [1.54, 1.807) is 23.1 Å². The number of nitrogens with one attached hydrogen (secondary N) is 1. The van der Waals surface area contributed by atoms with Crippen LogP contribution < -0.4 is 5.32 Å². The summed E-state index contributed by atoms with van der Waals surface area (Å²) >= 11 is 11.8. The van der Waals surface area contributed by atoms with Gasteiger partial charge in [-0.25, -0.2) is 4.79 Å². The molecule has 0 atom stereocenters. The molecule has 102 valence electrons. The molecule has 2 amide bonds. The lowest BCUT2D eigenvalue weighted by Crippen LogP contribution is -2.41. The molecule has 0 bridgehead atoms. The van der Waals surface area contributed by atoms with E-state index < -0.39 is 0 Å². The normalized spacial score (nSPS) is 15.3. The van der Waals surface area contributed by atoms with Crippen LogP contribution in [0.15, 0.2) is 23.4 Å². The van der Waals surface area contributed by atoms with Gasteiger partial charge in [-0.15, -0.1) is 0 Å². The first-order valence-corrected chi connectivity index (χ1v) is 6.56. The SMILES string of the molecule is O=C(Nc1cc(Cl)ccc1Cl)N1CCC(=NO)CC1. The van der Waals surface area contributed by atoms with Crippen LogP contribution in [0.3, 0.4) is 0 Å². The molecule has 0 aromatic heterocycles. The number of hydrogen-bond donors (Lipinski definition) is 2. The minimum Gasteiger partial charge on any atom is -0.411 e. The zero-order valence-electron chi connectivity index (χ0n) is 10.1. The summed E-state index contributed by atoms with van der Waals surface area (Å²) in [6.45, 7) is 1.03. The molecule has 1 aromatic carbocycles. The molecule has 19 heavy (non-hydrogen) atoms. The molecule has 7 heteroatoms. The van der Waals surface area contributed by atoms with E-state index in [0.717, 1.165) is 0 Å². The topological polar surface area (TPSA) is 64.9 Å². The van der Waals surface area contributed by atoms with Crippen LogP contribution in [0, 0.1) is 0 Å². The third-order valence-corrected chi connectivity index (χ3v) is 3.50. The second kappa shape index (κ2) is 6.12. The lowest BCUT2D eigenvalue weighted by atomic mass is 10.1. The number of benzene rings is 1. The molecule has 1 heterocycles. The van der Waals surface area contributed by atoms with Crippen LogP contribution in [0.5, 0.6) is 0 Å². The summed E-state index contributed by atoms with van der Waals surface area (Å²) in [7, 11) is 0. The summed E-state index contributed by atoms with van der Waals surface area (Å²) < 4.78 is 0. The number of urea groups is 1. The van der Waals surface area contributed by atoms with Crippen molar-refractivity contribution in [2.24, 2.45) is 5.16 Å². The molecule has 0 spiro atoms. The number of anilines is 1. The monoisotopic (exact) mass is 301 g/mol. The van der Waals surface area contributed by atoms with Crippen molar-refractivity contribution in [2.45, 2.75) is 12.8 Å². The molecule has 0 unspecified atom stereocenters. The van der Waals surface area contributed by atoms with Gasteiger partial charge < -0.3 is 15.4 Å². The second-order valence-corrected chi connectivity index (χ2v) is 5.05. The predicted molar refractivity (Wildman–Crippen MR) is 75.5 cm³/mol. The van der Waals surface area contributed by atoms with Crippen LogP contribution >= 0.6 is 23.2 Å². The van der Waals surface area contributed by atoms with E-state index >= 15 is 0 Å². The van der Waals surface area contributed by atoms with Gasteiger partial charge in [-0.1, -0.05) is 28.4 Å². The fourth-order valence-corrected chi connectivity index (χ4v) is 2.19. The molecule has 2 rings (SSSR count). The molecule has 2 N–H and O–H groups in total. The van der Waals surface area contributed by atoms with Crippen LogP contribution in [0.1, 0.15) is 12.8 Å². The number of likely N-dealkylation sites (tertiary alicyclic amines) is 1. The van der Waals surface area contributed by atoms with E-state index in [0.29, 0.717) is 47.4 Å².